The molecule has 136 valence electrons. The van der Waals surface area contributed by atoms with E-state index < -0.39 is 0 Å². The normalized spacial score (nSPS) is 14.7. The van der Waals surface area contributed by atoms with Gasteiger partial charge in [0.2, 0.25) is 5.88 Å². The minimum atomic E-state index is -0.289. The van der Waals surface area contributed by atoms with Crippen molar-refractivity contribution in [3.63, 3.8) is 0 Å². The van der Waals surface area contributed by atoms with Crippen LogP contribution in [0.1, 0.15) is 22.6 Å². The van der Waals surface area contributed by atoms with Gasteiger partial charge in [0.25, 0.3) is 0 Å². The third-order valence-corrected chi connectivity index (χ3v) is 5.04. The summed E-state index contributed by atoms with van der Waals surface area (Å²) in [6.45, 7) is 0. The molecule has 1 aliphatic heterocycles. The summed E-state index contributed by atoms with van der Waals surface area (Å²) in [6, 6.07) is 22.5. The van der Waals surface area contributed by atoms with Crippen molar-refractivity contribution < 1.29 is 13.5 Å². The molecule has 5 rings (SSSR count). The van der Waals surface area contributed by atoms with Gasteiger partial charge in [0.05, 0.1) is 0 Å². The average molecular weight is 371 g/mol. The number of hydrogen-bond acceptors (Lipinski definition) is 2. The molecule has 3 aromatic carbocycles. The maximum atomic E-state index is 13.6. The highest BCUT2D eigenvalue weighted by Gasteiger charge is 2.32. The Bertz CT molecular complexity index is 1150. The summed E-state index contributed by atoms with van der Waals surface area (Å²) in [4.78, 5) is 4.44. The standard InChI is InChI=1S/C24H15F2NO/c25-17-9-5-15(6-10-17)19-13-14-27-24-23(19)22(16-7-11-18(26)12-8-16)20-3-1-2-4-21(20)28-24/h1-14,22H. The summed E-state index contributed by atoms with van der Waals surface area (Å²) in [6.07, 6.45) is 1.69. The number of fused-ring (bicyclic) bond motifs is 2. The third kappa shape index (κ3) is 2.74. The summed E-state index contributed by atoms with van der Waals surface area (Å²) in [5.74, 6) is 0.495. The fourth-order valence-electron chi connectivity index (χ4n) is 3.77. The highest BCUT2D eigenvalue weighted by atomic mass is 19.1. The van der Waals surface area contributed by atoms with Crippen molar-refractivity contribution in [3.05, 3.63) is 113 Å². The van der Waals surface area contributed by atoms with Crippen molar-refractivity contribution in [1.82, 2.24) is 4.98 Å². The van der Waals surface area contributed by atoms with Crippen LogP contribution in [0.3, 0.4) is 0 Å². The predicted molar refractivity (Wildman–Crippen MR) is 103 cm³/mol. The van der Waals surface area contributed by atoms with Crippen LogP contribution in [0.25, 0.3) is 11.1 Å². The minimum Gasteiger partial charge on any atom is -0.438 e. The Kier molecular flexibility index (Phi) is 3.90. The quantitative estimate of drug-likeness (QED) is 0.363. The maximum Gasteiger partial charge on any atom is 0.224 e. The van der Waals surface area contributed by atoms with Crippen molar-refractivity contribution in [2.45, 2.75) is 5.92 Å². The molecule has 1 aliphatic rings. The van der Waals surface area contributed by atoms with Crippen molar-refractivity contribution in [3.8, 4) is 22.8 Å². The van der Waals surface area contributed by atoms with E-state index in [1.54, 1.807) is 30.5 Å². The fraction of sp³-hybridized carbons (Fsp3) is 0.0417. The van der Waals surface area contributed by atoms with Crippen LogP contribution in [0.5, 0.6) is 11.6 Å². The van der Waals surface area contributed by atoms with Gasteiger partial charge in [0.15, 0.2) is 0 Å². The Morgan fingerprint density at radius 3 is 2.18 bits per heavy atom. The molecular formula is C24H15F2NO. The Balaban J connectivity index is 1.77. The Labute approximate surface area is 161 Å². The van der Waals surface area contributed by atoms with Crippen LogP contribution in [-0.4, -0.2) is 4.98 Å². The smallest absolute Gasteiger partial charge is 0.224 e. The Morgan fingerprint density at radius 2 is 1.43 bits per heavy atom. The van der Waals surface area contributed by atoms with Gasteiger partial charge in [-0.15, -0.1) is 0 Å². The third-order valence-electron chi connectivity index (χ3n) is 5.04. The van der Waals surface area contributed by atoms with Crippen LogP contribution in [-0.2, 0) is 0 Å². The molecule has 0 saturated heterocycles. The van der Waals surface area contributed by atoms with Gasteiger partial charge in [0, 0.05) is 23.2 Å². The highest BCUT2D eigenvalue weighted by molar-refractivity contribution is 5.74. The van der Waals surface area contributed by atoms with Gasteiger partial charge in [-0.1, -0.05) is 42.5 Å². The van der Waals surface area contributed by atoms with Crippen molar-refractivity contribution in [2.24, 2.45) is 0 Å². The summed E-state index contributed by atoms with van der Waals surface area (Å²) >= 11 is 0. The molecule has 0 aliphatic carbocycles. The summed E-state index contributed by atoms with van der Waals surface area (Å²) in [5, 5.41) is 0. The van der Waals surface area contributed by atoms with Gasteiger partial charge >= 0.3 is 0 Å². The van der Waals surface area contributed by atoms with Gasteiger partial charge in [-0.2, -0.15) is 0 Å². The zero-order valence-electron chi connectivity index (χ0n) is 14.8. The molecule has 0 fully saturated rings. The van der Waals surface area contributed by atoms with E-state index in [4.69, 9.17) is 4.74 Å². The van der Waals surface area contributed by atoms with E-state index in [2.05, 4.69) is 4.98 Å². The number of nitrogens with zero attached hydrogens (tertiary/aromatic N) is 1. The lowest BCUT2D eigenvalue weighted by atomic mass is 9.80. The minimum absolute atomic E-state index is 0.172. The Hall–Kier alpha value is -3.53. The van der Waals surface area contributed by atoms with E-state index >= 15 is 0 Å². The molecule has 0 spiro atoms. The fourth-order valence-corrected chi connectivity index (χ4v) is 3.77. The van der Waals surface area contributed by atoms with Crippen molar-refractivity contribution in [1.29, 1.82) is 0 Å². The van der Waals surface area contributed by atoms with Crippen LogP contribution in [0.15, 0.2) is 85.1 Å². The number of para-hydroxylation sites is 1. The first-order valence-electron chi connectivity index (χ1n) is 8.98. The van der Waals surface area contributed by atoms with Gasteiger partial charge in [-0.3, -0.25) is 0 Å². The molecule has 28 heavy (non-hydrogen) atoms. The zero-order chi connectivity index (χ0) is 19.1. The lowest BCUT2D eigenvalue weighted by Gasteiger charge is -2.29. The summed E-state index contributed by atoms with van der Waals surface area (Å²) in [5.41, 5.74) is 4.59. The molecule has 0 bridgehead atoms. The SMILES string of the molecule is Fc1ccc(-c2ccnc3c2C(c2ccc(F)cc2)c2ccccc2O3)cc1. The topological polar surface area (TPSA) is 22.1 Å². The van der Waals surface area contributed by atoms with Gasteiger partial charge in [-0.05, 0) is 53.1 Å². The molecule has 2 nitrogen and oxygen atoms in total. The van der Waals surface area contributed by atoms with Gasteiger partial charge in [0.1, 0.15) is 17.4 Å². The first kappa shape index (κ1) is 16.6. The molecule has 0 radical (unpaired) electrons. The average Bonchev–Trinajstić information content (AvgIpc) is 2.73. The number of pyridine rings is 1. The second-order valence-corrected chi connectivity index (χ2v) is 6.71. The molecule has 4 aromatic rings. The van der Waals surface area contributed by atoms with Crippen molar-refractivity contribution >= 4 is 0 Å². The first-order chi connectivity index (χ1) is 13.7. The lowest BCUT2D eigenvalue weighted by Crippen LogP contribution is -2.14. The Morgan fingerprint density at radius 1 is 0.750 bits per heavy atom. The van der Waals surface area contributed by atoms with Crippen molar-refractivity contribution in [2.75, 3.05) is 0 Å². The number of ether oxygens (including phenoxy) is 1. The van der Waals surface area contributed by atoms with Crippen LogP contribution >= 0.6 is 0 Å². The summed E-state index contributed by atoms with van der Waals surface area (Å²) < 4.78 is 33.1. The van der Waals surface area contributed by atoms with E-state index in [9.17, 15) is 8.78 Å². The van der Waals surface area contributed by atoms with Crippen LogP contribution in [0.4, 0.5) is 8.78 Å². The first-order valence-corrected chi connectivity index (χ1v) is 8.98. The maximum absolute atomic E-state index is 13.6. The lowest BCUT2D eigenvalue weighted by molar-refractivity contribution is 0.434. The molecule has 0 N–H and O–H groups in total. The highest BCUT2D eigenvalue weighted by Crippen LogP contribution is 2.49. The van der Waals surface area contributed by atoms with Gasteiger partial charge < -0.3 is 4.74 Å². The number of rotatable bonds is 2. The largest absolute Gasteiger partial charge is 0.438 e. The number of aromatic nitrogens is 1. The summed E-state index contributed by atoms with van der Waals surface area (Å²) in [7, 11) is 0. The number of hydrogen-bond donors (Lipinski definition) is 0. The van der Waals surface area contributed by atoms with E-state index in [1.165, 1.54) is 24.3 Å². The van der Waals surface area contributed by atoms with E-state index in [0.717, 1.165) is 33.6 Å². The zero-order valence-corrected chi connectivity index (χ0v) is 14.8. The van der Waals surface area contributed by atoms with Crippen LogP contribution in [0.2, 0.25) is 0 Å². The second kappa shape index (κ2) is 6.57. The molecule has 2 heterocycles. The molecule has 4 heteroatoms. The van der Waals surface area contributed by atoms with Crippen LogP contribution < -0.4 is 4.74 Å². The van der Waals surface area contributed by atoms with Gasteiger partial charge in [-0.25, -0.2) is 13.8 Å². The van der Waals surface area contributed by atoms with E-state index in [-0.39, 0.29) is 17.6 Å². The molecule has 1 atom stereocenters. The monoisotopic (exact) mass is 371 g/mol. The second-order valence-electron chi connectivity index (χ2n) is 6.71. The molecule has 1 unspecified atom stereocenters. The molecule has 0 saturated carbocycles. The van der Waals surface area contributed by atoms with E-state index in [0.29, 0.717) is 5.88 Å². The molecular weight excluding hydrogens is 356 g/mol. The van der Waals surface area contributed by atoms with Crippen LogP contribution in [0, 0.1) is 11.6 Å². The number of benzene rings is 3. The molecule has 0 amide bonds. The molecule has 1 aromatic heterocycles. The van der Waals surface area contributed by atoms with E-state index in [1.807, 2.05) is 30.3 Å². The number of halogens is 2. The predicted octanol–water partition coefficient (Wildman–Crippen LogP) is 6.31.